The molecule has 21 heavy (non-hydrogen) atoms. The number of pyridine rings is 2. The summed E-state index contributed by atoms with van der Waals surface area (Å²) in [5.41, 5.74) is 5.33. The number of aromatic nitrogens is 2. The number of aryl methyl sites for hydroxylation is 2. The molecule has 0 unspecified atom stereocenters. The number of nitrogens with zero attached hydrogens (tertiary/aromatic N) is 3. The van der Waals surface area contributed by atoms with Gasteiger partial charge in [-0.3, -0.25) is 4.98 Å². The maximum atomic E-state index is 7.18. The van der Waals surface area contributed by atoms with E-state index in [-0.39, 0.29) is 0 Å². The van der Waals surface area contributed by atoms with E-state index in [0.29, 0.717) is 5.69 Å². The molecule has 3 rings (SSSR count). The van der Waals surface area contributed by atoms with E-state index in [1.807, 2.05) is 36.7 Å². The molecule has 0 saturated carbocycles. The Morgan fingerprint density at radius 1 is 1.14 bits per heavy atom. The van der Waals surface area contributed by atoms with Crippen LogP contribution in [-0.2, 0) is 7.05 Å². The average molecular weight is 274 g/mol. The Kier molecular flexibility index (Phi) is 3.15. The Labute approximate surface area is 124 Å². The lowest BCUT2D eigenvalue weighted by Gasteiger charge is -2.09. The molecule has 0 radical (unpaired) electrons. The van der Waals surface area contributed by atoms with Crippen molar-refractivity contribution in [1.29, 1.82) is 0 Å². The molecule has 0 bridgehead atoms. The molecule has 0 N–H and O–H groups in total. The molecule has 2 aromatic heterocycles. The Morgan fingerprint density at radius 3 is 2.67 bits per heavy atom. The Balaban J connectivity index is 2.44. The maximum Gasteiger partial charge on any atom is 0.220 e. The molecule has 0 aliphatic rings. The van der Waals surface area contributed by atoms with E-state index in [2.05, 4.69) is 41.4 Å². The summed E-state index contributed by atoms with van der Waals surface area (Å²) in [4.78, 5) is 7.71. The van der Waals surface area contributed by atoms with Gasteiger partial charge in [0, 0.05) is 25.4 Å². The van der Waals surface area contributed by atoms with Gasteiger partial charge in [0.05, 0.1) is 17.5 Å². The van der Waals surface area contributed by atoms with Gasteiger partial charge in [0.25, 0.3) is 0 Å². The summed E-state index contributed by atoms with van der Waals surface area (Å²) in [6.07, 6.45) is 3.71. The minimum Gasteiger partial charge on any atom is -0.264 e. The SMILES string of the molecule is [C-]#[N+]c1ccc2c(-c3ccncc3C)[n+](C)c(C)cc2c1. The van der Waals surface area contributed by atoms with E-state index in [4.69, 9.17) is 6.57 Å². The fourth-order valence-corrected chi connectivity index (χ4v) is 2.70. The highest BCUT2D eigenvalue weighted by atomic mass is 14.9. The van der Waals surface area contributed by atoms with Gasteiger partial charge >= 0.3 is 0 Å². The van der Waals surface area contributed by atoms with E-state index >= 15 is 0 Å². The van der Waals surface area contributed by atoms with Crippen LogP contribution in [0, 0.1) is 20.4 Å². The van der Waals surface area contributed by atoms with E-state index in [1.54, 1.807) is 0 Å². The van der Waals surface area contributed by atoms with Crippen LogP contribution in [0.5, 0.6) is 0 Å². The number of hydrogen-bond acceptors (Lipinski definition) is 1. The van der Waals surface area contributed by atoms with E-state index in [9.17, 15) is 0 Å². The molecule has 0 atom stereocenters. The summed E-state index contributed by atoms with van der Waals surface area (Å²) in [6, 6.07) is 10.0. The fourth-order valence-electron chi connectivity index (χ4n) is 2.70. The summed E-state index contributed by atoms with van der Waals surface area (Å²) in [5, 5.41) is 2.26. The highest BCUT2D eigenvalue weighted by Crippen LogP contribution is 2.30. The summed E-state index contributed by atoms with van der Waals surface area (Å²) in [5.74, 6) is 0. The third-order valence-electron chi connectivity index (χ3n) is 3.92. The zero-order valence-corrected chi connectivity index (χ0v) is 12.4. The average Bonchev–Trinajstić information content (AvgIpc) is 2.49. The third kappa shape index (κ3) is 2.15. The molecule has 3 nitrogen and oxygen atoms in total. The van der Waals surface area contributed by atoms with Crippen molar-refractivity contribution in [1.82, 2.24) is 4.98 Å². The smallest absolute Gasteiger partial charge is 0.220 e. The first-order valence-corrected chi connectivity index (χ1v) is 6.83. The molecule has 3 heteroatoms. The van der Waals surface area contributed by atoms with Crippen LogP contribution in [0.3, 0.4) is 0 Å². The van der Waals surface area contributed by atoms with Crippen molar-refractivity contribution in [2.75, 3.05) is 0 Å². The number of hydrogen-bond donors (Lipinski definition) is 0. The lowest BCUT2D eigenvalue weighted by atomic mass is 10.00. The molecule has 0 aliphatic carbocycles. The van der Waals surface area contributed by atoms with Crippen LogP contribution >= 0.6 is 0 Å². The maximum absolute atomic E-state index is 7.18. The van der Waals surface area contributed by atoms with Gasteiger partial charge in [0.1, 0.15) is 7.05 Å². The second-order valence-electron chi connectivity index (χ2n) is 5.27. The van der Waals surface area contributed by atoms with E-state index < -0.39 is 0 Å². The zero-order chi connectivity index (χ0) is 15.0. The first-order valence-electron chi connectivity index (χ1n) is 6.83. The summed E-state index contributed by atoms with van der Waals surface area (Å²) < 4.78 is 2.20. The van der Waals surface area contributed by atoms with Crippen LogP contribution < -0.4 is 4.57 Å². The third-order valence-corrected chi connectivity index (χ3v) is 3.92. The Hall–Kier alpha value is -2.73. The summed E-state index contributed by atoms with van der Waals surface area (Å²) >= 11 is 0. The lowest BCUT2D eigenvalue weighted by Crippen LogP contribution is -2.35. The zero-order valence-electron chi connectivity index (χ0n) is 12.4. The van der Waals surface area contributed by atoms with Crippen LogP contribution in [0.2, 0.25) is 0 Å². The molecule has 0 saturated heterocycles. The van der Waals surface area contributed by atoms with Gasteiger partial charge < -0.3 is 0 Å². The van der Waals surface area contributed by atoms with Gasteiger partial charge in [-0.25, -0.2) is 4.85 Å². The number of rotatable bonds is 1. The molecule has 1 aromatic carbocycles. The summed E-state index contributed by atoms with van der Waals surface area (Å²) in [6.45, 7) is 11.3. The second kappa shape index (κ2) is 4.99. The van der Waals surface area contributed by atoms with Crippen molar-refractivity contribution in [3.05, 3.63) is 65.4 Å². The highest BCUT2D eigenvalue weighted by molar-refractivity contribution is 5.95. The standard InChI is InChI=1S/C18H16N3/c1-12-11-20-8-7-16(12)18-17-6-5-15(19-3)10-14(17)9-13(2)21(18)4/h5-11H,1-2,4H3/q+1. The molecule has 0 spiro atoms. The molecular formula is C18H16N3+. The van der Waals surface area contributed by atoms with Gasteiger partial charge in [0.2, 0.25) is 5.69 Å². The van der Waals surface area contributed by atoms with Crippen molar-refractivity contribution < 1.29 is 4.57 Å². The van der Waals surface area contributed by atoms with Crippen molar-refractivity contribution in [2.24, 2.45) is 7.05 Å². The first-order chi connectivity index (χ1) is 10.1. The van der Waals surface area contributed by atoms with Gasteiger partial charge in [-0.15, -0.1) is 0 Å². The fraction of sp³-hybridized carbons (Fsp3) is 0.167. The van der Waals surface area contributed by atoms with Crippen molar-refractivity contribution in [2.45, 2.75) is 13.8 Å². The molecule has 102 valence electrons. The lowest BCUT2D eigenvalue weighted by molar-refractivity contribution is -0.665. The Morgan fingerprint density at radius 2 is 1.95 bits per heavy atom. The van der Waals surface area contributed by atoms with Crippen molar-refractivity contribution >= 4 is 16.5 Å². The van der Waals surface area contributed by atoms with Crippen LogP contribution in [0.4, 0.5) is 5.69 Å². The minimum absolute atomic E-state index is 0.674. The topological polar surface area (TPSA) is 21.1 Å². The summed E-state index contributed by atoms with van der Waals surface area (Å²) in [7, 11) is 2.08. The van der Waals surface area contributed by atoms with Gasteiger partial charge in [0.15, 0.2) is 11.4 Å². The minimum atomic E-state index is 0.674. The molecule has 3 aromatic rings. The van der Waals surface area contributed by atoms with Gasteiger partial charge in [-0.05, 0) is 30.0 Å². The molecule has 0 fully saturated rings. The quantitative estimate of drug-likeness (QED) is 0.487. The predicted molar refractivity (Wildman–Crippen MR) is 84.1 cm³/mol. The van der Waals surface area contributed by atoms with E-state index in [0.717, 1.165) is 22.0 Å². The van der Waals surface area contributed by atoms with Crippen LogP contribution in [-0.4, -0.2) is 4.98 Å². The van der Waals surface area contributed by atoms with Crippen molar-refractivity contribution in [3.63, 3.8) is 0 Å². The van der Waals surface area contributed by atoms with Crippen LogP contribution in [0.15, 0.2) is 42.7 Å². The van der Waals surface area contributed by atoms with Gasteiger partial charge in [-0.2, -0.15) is 4.57 Å². The normalized spacial score (nSPS) is 10.6. The van der Waals surface area contributed by atoms with Crippen LogP contribution in [0.1, 0.15) is 11.3 Å². The Bertz CT molecular complexity index is 889. The van der Waals surface area contributed by atoms with Gasteiger partial charge in [-0.1, -0.05) is 12.1 Å². The monoisotopic (exact) mass is 274 g/mol. The second-order valence-corrected chi connectivity index (χ2v) is 5.27. The van der Waals surface area contributed by atoms with Crippen molar-refractivity contribution in [3.8, 4) is 11.3 Å². The number of fused-ring (bicyclic) bond motifs is 1. The molecular weight excluding hydrogens is 258 g/mol. The largest absolute Gasteiger partial charge is 0.264 e. The predicted octanol–water partition coefficient (Wildman–Crippen LogP) is 3.89. The first kappa shape index (κ1) is 13.3. The van der Waals surface area contributed by atoms with Crippen LogP contribution in [0.25, 0.3) is 26.9 Å². The van der Waals surface area contributed by atoms with E-state index in [1.165, 1.54) is 11.3 Å². The molecule has 0 aliphatic heterocycles. The highest BCUT2D eigenvalue weighted by Gasteiger charge is 2.19. The number of benzene rings is 1. The molecule has 0 amide bonds. The molecule has 2 heterocycles.